The van der Waals surface area contributed by atoms with E-state index in [9.17, 15) is 5.26 Å². The molecule has 3 heterocycles. The van der Waals surface area contributed by atoms with Gasteiger partial charge in [-0.15, -0.1) is 0 Å². The molecule has 0 unspecified atom stereocenters. The highest BCUT2D eigenvalue weighted by Gasteiger charge is 2.26. The SMILES string of the molecule is N#Cc1nc(-c2ccc(Cl)cc2)oc1NC[C@H](c1ccco1)N1CCOCC1. The number of benzene rings is 1. The van der Waals surface area contributed by atoms with Crippen LogP contribution in [0.1, 0.15) is 17.5 Å². The number of nitriles is 1. The number of hydrogen-bond donors (Lipinski definition) is 1. The molecule has 1 fully saturated rings. The quantitative estimate of drug-likeness (QED) is 0.672. The van der Waals surface area contributed by atoms with Crippen molar-refractivity contribution < 1.29 is 13.6 Å². The number of rotatable bonds is 6. The number of nitrogens with zero attached hydrogens (tertiary/aromatic N) is 3. The fraction of sp³-hybridized carbons (Fsp3) is 0.300. The van der Waals surface area contributed by atoms with Gasteiger partial charge in [-0.2, -0.15) is 10.2 Å². The molecule has 1 N–H and O–H groups in total. The molecule has 0 amide bonds. The van der Waals surface area contributed by atoms with Crippen molar-refractivity contribution in [3.05, 3.63) is 59.1 Å². The summed E-state index contributed by atoms with van der Waals surface area (Å²) in [5, 5.41) is 13.3. The molecule has 1 saturated heterocycles. The van der Waals surface area contributed by atoms with Crippen LogP contribution in [0.4, 0.5) is 5.88 Å². The lowest BCUT2D eigenvalue weighted by Gasteiger charge is -2.33. The van der Waals surface area contributed by atoms with Gasteiger partial charge in [-0.3, -0.25) is 4.90 Å². The van der Waals surface area contributed by atoms with Gasteiger partial charge in [-0.05, 0) is 36.4 Å². The van der Waals surface area contributed by atoms with Crippen LogP contribution in [0.25, 0.3) is 11.5 Å². The van der Waals surface area contributed by atoms with Crippen molar-refractivity contribution in [1.29, 1.82) is 5.26 Å². The monoisotopic (exact) mass is 398 g/mol. The second-order valence-electron chi connectivity index (χ2n) is 6.38. The molecular formula is C20H19ClN4O3. The Bertz CT molecular complexity index is 941. The molecule has 144 valence electrons. The summed E-state index contributed by atoms with van der Waals surface area (Å²) >= 11 is 5.93. The summed E-state index contributed by atoms with van der Waals surface area (Å²) in [6.07, 6.45) is 1.66. The fourth-order valence-corrected chi connectivity index (χ4v) is 3.33. The highest BCUT2D eigenvalue weighted by Crippen LogP contribution is 2.28. The van der Waals surface area contributed by atoms with E-state index < -0.39 is 0 Å². The Labute approximate surface area is 167 Å². The lowest BCUT2D eigenvalue weighted by molar-refractivity contribution is 0.0144. The van der Waals surface area contributed by atoms with Crippen molar-refractivity contribution in [2.24, 2.45) is 0 Å². The fourth-order valence-electron chi connectivity index (χ4n) is 3.20. The van der Waals surface area contributed by atoms with Gasteiger partial charge in [0.1, 0.15) is 11.8 Å². The molecule has 8 heteroatoms. The molecule has 28 heavy (non-hydrogen) atoms. The Morgan fingerprint density at radius 3 is 2.68 bits per heavy atom. The first-order valence-electron chi connectivity index (χ1n) is 9.00. The summed E-state index contributed by atoms with van der Waals surface area (Å²) in [5.41, 5.74) is 0.967. The lowest BCUT2D eigenvalue weighted by atomic mass is 10.1. The summed E-state index contributed by atoms with van der Waals surface area (Å²) in [6.45, 7) is 3.50. The maximum Gasteiger partial charge on any atom is 0.232 e. The van der Waals surface area contributed by atoms with E-state index in [1.54, 1.807) is 30.5 Å². The largest absolute Gasteiger partial charge is 0.468 e. The van der Waals surface area contributed by atoms with E-state index in [2.05, 4.69) is 21.3 Å². The van der Waals surface area contributed by atoms with Gasteiger partial charge in [0.2, 0.25) is 17.5 Å². The first-order chi connectivity index (χ1) is 13.7. The number of aromatic nitrogens is 1. The molecule has 0 saturated carbocycles. The van der Waals surface area contributed by atoms with Crippen LogP contribution >= 0.6 is 11.6 Å². The number of hydrogen-bond acceptors (Lipinski definition) is 7. The molecule has 4 rings (SSSR count). The van der Waals surface area contributed by atoms with Gasteiger partial charge in [-0.1, -0.05) is 11.6 Å². The van der Waals surface area contributed by atoms with Crippen molar-refractivity contribution in [1.82, 2.24) is 9.88 Å². The highest BCUT2D eigenvalue weighted by atomic mass is 35.5. The molecule has 2 aromatic heterocycles. The summed E-state index contributed by atoms with van der Waals surface area (Å²) < 4.78 is 16.9. The topological polar surface area (TPSA) is 87.5 Å². The molecule has 3 aromatic rings. The van der Waals surface area contributed by atoms with Crippen molar-refractivity contribution in [3.8, 4) is 17.5 Å². The van der Waals surface area contributed by atoms with E-state index >= 15 is 0 Å². The van der Waals surface area contributed by atoms with Crippen LogP contribution in [-0.4, -0.2) is 42.7 Å². The number of furan rings is 1. The van der Waals surface area contributed by atoms with Gasteiger partial charge < -0.3 is 18.9 Å². The average molecular weight is 399 g/mol. The molecule has 1 aliphatic heterocycles. The maximum atomic E-state index is 9.44. The molecule has 1 aromatic carbocycles. The van der Waals surface area contributed by atoms with Gasteiger partial charge >= 0.3 is 0 Å². The third kappa shape index (κ3) is 4.04. The van der Waals surface area contributed by atoms with E-state index in [0.717, 1.165) is 24.4 Å². The first-order valence-corrected chi connectivity index (χ1v) is 9.38. The lowest BCUT2D eigenvalue weighted by Crippen LogP contribution is -2.41. The van der Waals surface area contributed by atoms with Gasteiger partial charge in [0, 0.05) is 30.2 Å². The number of ether oxygens (including phenoxy) is 1. The third-order valence-corrected chi connectivity index (χ3v) is 4.89. The first kappa shape index (κ1) is 18.6. The second kappa shape index (κ2) is 8.48. The number of morpholine rings is 1. The number of anilines is 1. The molecule has 0 aliphatic carbocycles. The molecule has 7 nitrogen and oxygen atoms in total. The summed E-state index contributed by atoms with van der Waals surface area (Å²) in [7, 11) is 0. The van der Waals surface area contributed by atoms with Crippen LogP contribution in [0.3, 0.4) is 0 Å². The van der Waals surface area contributed by atoms with Gasteiger partial charge in [-0.25, -0.2) is 0 Å². The van der Waals surface area contributed by atoms with Crippen LogP contribution in [0.15, 0.2) is 51.5 Å². The summed E-state index contributed by atoms with van der Waals surface area (Å²) in [4.78, 5) is 6.58. The van der Waals surface area contributed by atoms with E-state index in [0.29, 0.717) is 36.6 Å². The van der Waals surface area contributed by atoms with Gasteiger partial charge in [0.15, 0.2) is 0 Å². The Morgan fingerprint density at radius 1 is 1.21 bits per heavy atom. The Hall–Kier alpha value is -2.79. The highest BCUT2D eigenvalue weighted by molar-refractivity contribution is 6.30. The van der Waals surface area contributed by atoms with E-state index in [1.165, 1.54) is 0 Å². The number of halogens is 1. The second-order valence-corrected chi connectivity index (χ2v) is 6.81. The number of nitrogens with one attached hydrogen (secondary N) is 1. The number of oxazole rings is 1. The Kier molecular flexibility index (Phi) is 5.63. The van der Waals surface area contributed by atoms with Gasteiger partial charge in [0.25, 0.3) is 0 Å². The van der Waals surface area contributed by atoms with Gasteiger partial charge in [0.05, 0.1) is 25.5 Å². The smallest absolute Gasteiger partial charge is 0.232 e. The normalized spacial score (nSPS) is 15.9. The average Bonchev–Trinajstić information content (AvgIpc) is 3.40. The zero-order chi connectivity index (χ0) is 19.3. The molecule has 0 spiro atoms. The van der Waals surface area contributed by atoms with Crippen LogP contribution in [0, 0.1) is 11.3 Å². The molecule has 0 radical (unpaired) electrons. The predicted octanol–water partition coefficient (Wildman–Crippen LogP) is 3.95. The summed E-state index contributed by atoms with van der Waals surface area (Å²) in [6, 6.07) is 13.0. The van der Waals surface area contributed by atoms with Crippen LogP contribution in [-0.2, 0) is 4.74 Å². The van der Waals surface area contributed by atoms with Crippen molar-refractivity contribution in [2.45, 2.75) is 6.04 Å². The minimum absolute atomic E-state index is 0.00507. The van der Waals surface area contributed by atoms with Crippen molar-refractivity contribution >= 4 is 17.5 Å². The molecule has 0 bridgehead atoms. The molecule has 1 atom stereocenters. The zero-order valence-electron chi connectivity index (χ0n) is 15.1. The minimum Gasteiger partial charge on any atom is -0.468 e. The Balaban J connectivity index is 1.54. The van der Waals surface area contributed by atoms with Crippen LogP contribution in [0.2, 0.25) is 5.02 Å². The van der Waals surface area contributed by atoms with E-state index in [1.807, 2.05) is 12.1 Å². The van der Waals surface area contributed by atoms with Crippen LogP contribution in [0.5, 0.6) is 0 Å². The maximum absolute atomic E-state index is 9.44. The molecular weight excluding hydrogens is 380 g/mol. The summed E-state index contributed by atoms with van der Waals surface area (Å²) in [5.74, 6) is 1.57. The molecule has 1 aliphatic rings. The van der Waals surface area contributed by atoms with Crippen molar-refractivity contribution in [2.75, 3.05) is 38.2 Å². The van der Waals surface area contributed by atoms with Crippen molar-refractivity contribution in [3.63, 3.8) is 0 Å². The van der Waals surface area contributed by atoms with E-state index in [-0.39, 0.29) is 11.7 Å². The predicted molar refractivity (Wildman–Crippen MR) is 104 cm³/mol. The van der Waals surface area contributed by atoms with Crippen LogP contribution < -0.4 is 5.32 Å². The van der Waals surface area contributed by atoms with E-state index in [4.69, 9.17) is 25.2 Å². The standard InChI is InChI=1S/C20H19ClN4O3/c21-15-5-3-14(4-6-15)19-24-16(12-22)20(28-19)23-13-17(18-2-1-9-27-18)25-7-10-26-11-8-25/h1-6,9,17,23H,7-8,10-11,13H2/t17-/m1/s1. The minimum atomic E-state index is -0.00507. The Morgan fingerprint density at radius 2 is 2.00 bits per heavy atom. The third-order valence-electron chi connectivity index (χ3n) is 4.64. The zero-order valence-corrected chi connectivity index (χ0v) is 15.9.